The van der Waals surface area contributed by atoms with Crippen molar-refractivity contribution in [3.05, 3.63) is 66.6 Å². The summed E-state index contributed by atoms with van der Waals surface area (Å²) in [5, 5.41) is 17.2. The number of benzene rings is 2. The van der Waals surface area contributed by atoms with Crippen LogP contribution in [0.15, 0.2) is 60.8 Å². The number of rotatable bonds is 9. The predicted octanol–water partition coefficient (Wildman–Crippen LogP) is 2.52. The zero-order valence-electron chi connectivity index (χ0n) is 23.0. The number of aliphatic hydroxyl groups excluding tert-OH is 1. The first-order valence-electron chi connectivity index (χ1n) is 13.5. The minimum absolute atomic E-state index is 0.197. The zero-order chi connectivity index (χ0) is 28.6. The molecule has 6 rings (SSSR count). The highest BCUT2D eigenvalue weighted by molar-refractivity contribution is 7.92. The second-order valence-electron chi connectivity index (χ2n) is 10.3. The molecule has 1 fully saturated rings. The maximum absolute atomic E-state index is 12.3. The van der Waals surface area contributed by atoms with Crippen molar-refractivity contribution in [3.63, 3.8) is 0 Å². The molecule has 3 aromatic heterocycles. The largest absolute Gasteiger partial charge is 0.395 e. The number of fused-ring (bicyclic) bond motifs is 2. The maximum atomic E-state index is 12.3. The molecule has 2 aromatic carbocycles. The van der Waals surface area contributed by atoms with Gasteiger partial charge in [0, 0.05) is 51.0 Å². The molecule has 0 atom stereocenters. The first kappa shape index (κ1) is 27.1. The number of anilines is 3. The maximum Gasteiger partial charge on any atom is 0.245 e. The summed E-state index contributed by atoms with van der Waals surface area (Å²) >= 11 is 0. The van der Waals surface area contributed by atoms with Crippen molar-refractivity contribution < 1.29 is 13.5 Å². The summed E-state index contributed by atoms with van der Waals surface area (Å²) in [5.74, 6) is 1.32. The third kappa shape index (κ3) is 5.75. The van der Waals surface area contributed by atoms with Gasteiger partial charge in [-0.3, -0.25) is 14.1 Å². The van der Waals surface area contributed by atoms with E-state index in [2.05, 4.69) is 25.1 Å². The quantitative estimate of drug-likeness (QED) is 0.242. The third-order valence-electron chi connectivity index (χ3n) is 7.46. The van der Waals surface area contributed by atoms with E-state index in [1.165, 1.54) is 10.6 Å². The van der Waals surface area contributed by atoms with Crippen molar-refractivity contribution in [2.75, 3.05) is 62.3 Å². The fraction of sp³-hybridized carbons (Fsp3) is 0.321. The van der Waals surface area contributed by atoms with Gasteiger partial charge >= 0.3 is 0 Å². The molecule has 4 heterocycles. The number of piperazine rings is 1. The Balaban J connectivity index is 1.22. The Labute approximate surface area is 238 Å². The summed E-state index contributed by atoms with van der Waals surface area (Å²) in [7, 11) is -1.90. The Morgan fingerprint density at radius 3 is 2.61 bits per heavy atom. The standard InChI is InChI=1S/C28H33N9O3S/c1-34(41(2,39)40)25-6-4-3-5-22(25)26-10-8-21-18-29-28(33-37(21)26)30-20-7-9-23-24(17-20)32-27(31-23)19-36-13-11-35(12-14-36)15-16-38/h3-10,17-18,38H,11-16,19H2,1-2H3,(H,30,33)(H,31,32). The molecule has 5 aromatic rings. The van der Waals surface area contributed by atoms with Gasteiger partial charge in [0.25, 0.3) is 0 Å². The van der Waals surface area contributed by atoms with Gasteiger partial charge in [-0.05, 0) is 36.4 Å². The molecule has 0 amide bonds. The fourth-order valence-corrected chi connectivity index (χ4v) is 5.69. The molecule has 0 radical (unpaired) electrons. The van der Waals surface area contributed by atoms with Crippen LogP contribution < -0.4 is 9.62 Å². The normalized spacial score (nSPS) is 15.1. The van der Waals surface area contributed by atoms with E-state index in [0.717, 1.165) is 78.6 Å². The Kier molecular flexibility index (Phi) is 7.34. The van der Waals surface area contributed by atoms with E-state index in [1.807, 2.05) is 48.5 Å². The molecule has 3 N–H and O–H groups in total. The van der Waals surface area contributed by atoms with Crippen LogP contribution in [0, 0.1) is 0 Å². The van der Waals surface area contributed by atoms with Crippen LogP contribution in [-0.2, 0) is 16.6 Å². The molecule has 41 heavy (non-hydrogen) atoms. The molecule has 1 saturated heterocycles. The molecule has 214 valence electrons. The highest BCUT2D eigenvalue weighted by Crippen LogP contribution is 2.32. The van der Waals surface area contributed by atoms with Crippen molar-refractivity contribution in [2.24, 2.45) is 0 Å². The van der Waals surface area contributed by atoms with E-state index in [-0.39, 0.29) is 6.61 Å². The van der Waals surface area contributed by atoms with E-state index in [4.69, 9.17) is 15.2 Å². The topological polar surface area (TPSA) is 135 Å². The van der Waals surface area contributed by atoms with E-state index in [9.17, 15) is 8.42 Å². The Morgan fingerprint density at radius 2 is 1.83 bits per heavy atom. The summed E-state index contributed by atoms with van der Waals surface area (Å²) in [6.07, 6.45) is 2.92. The number of aliphatic hydroxyl groups is 1. The van der Waals surface area contributed by atoms with Crippen molar-refractivity contribution in [1.82, 2.24) is 34.4 Å². The molecule has 0 spiro atoms. The number of sulfonamides is 1. The number of aromatic nitrogens is 5. The third-order valence-corrected chi connectivity index (χ3v) is 8.65. The van der Waals surface area contributed by atoms with Crippen LogP contribution in [0.3, 0.4) is 0 Å². The number of nitrogens with zero attached hydrogens (tertiary/aromatic N) is 7. The first-order chi connectivity index (χ1) is 19.8. The van der Waals surface area contributed by atoms with Crippen molar-refractivity contribution >= 4 is 43.9 Å². The molecule has 0 unspecified atom stereocenters. The minimum atomic E-state index is -3.44. The van der Waals surface area contributed by atoms with Crippen molar-refractivity contribution in [2.45, 2.75) is 6.54 Å². The highest BCUT2D eigenvalue weighted by Gasteiger charge is 2.20. The number of para-hydroxylation sites is 1. The monoisotopic (exact) mass is 575 g/mol. The van der Waals surface area contributed by atoms with E-state index in [0.29, 0.717) is 11.6 Å². The number of H-pyrrole nitrogens is 1. The first-order valence-corrected chi connectivity index (χ1v) is 15.3. The van der Waals surface area contributed by atoms with Gasteiger partial charge in [0.05, 0.1) is 53.5 Å². The van der Waals surface area contributed by atoms with Gasteiger partial charge < -0.3 is 15.4 Å². The highest BCUT2D eigenvalue weighted by atomic mass is 32.2. The number of aromatic amines is 1. The van der Waals surface area contributed by atoms with Gasteiger partial charge in [-0.25, -0.2) is 22.9 Å². The lowest BCUT2D eigenvalue weighted by Gasteiger charge is -2.33. The number of imidazole rings is 1. The van der Waals surface area contributed by atoms with Crippen LogP contribution in [0.5, 0.6) is 0 Å². The van der Waals surface area contributed by atoms with Crippen LogP contribution in [0.1, 0.15) is 5.82 Å². The second kappa shape index (κ2) is 11.1. The van der Waals surface area contributed by atoms with Crippen LogP contribution in [0.25, 0.3) is 27.8 Å². The zero-order valence-corrected chi connectivity index (χ0v) is 23.8. The van der Waals surface area contributed by atoms with Gasteiger partial charge in [-0.2, -0.15) is 0 Å². The lowest BCUT2D eigenvalue weighted by Crippen LogP contribution is -2.46. The Bertz CT molecular complexity index is 1790. The average Bonchev–Trinajstić information content (AvgIpc) is 3.56. The van der Waals surface area contributed by atoms with Gasteiger partial charge in [0.2, 0.25) is 16.0 Å². The molecular formula is C28H33N9O3S. The molecule has 1 aliphatic rings. The number of hydrogen-bond acceptors (Lipinski definition) is 9. The van der Waals surface area contributed by atoms with Gasteiger partial charge in [0.1, 0.15) is 5.82 Å². The van der Waals surface area contributed by atoms with Crippen molar-refractivity contribution in [1.29, 1.82) is 0 Å². The van der Waals surface area contributed by atoms with Crippen LogP contribution in [0.2, 0.25) is 0 Å². The Hall–Kier alpha value is -4.04. The predicted molar refractivity (Wildman–Crippen MR) is 160 cm³/mol. The minimum Gasteiger partial charge on any atom is -0.395 e. The lowest BCUT2D eigenvalue weighted by molar-refractivity contribution is 0.107. The number of β-amino-alcohol motifs (C(OH)–C–C–N with tert-alkyl or cyclic N) is 1. The Morgan fingerprint density at radius 1 is 1.05 bits per heavy atom. The molecule has 1 aliphatic heterocycles. The molecule has 0 aliphatic carbocycles. The van der Waals surface area contributed by atoms with E-state index < -0.39 is 10.0 Å². The van der Waals surface area contributed by atoms with Gasteiger partial charge in [0.15, 0.2) is 0 Å². The average molecular weight is 576 g/mol. The summed E-state index contributed by atoms with van der Waals surface area (Å²) in [6, 6.07) is 17.1. The molecule has 0 bridgehead atoms. The molecule has 13 heteroatoms. The summed E-state index contributed by atoms with van der Waals surface area (Å²) < 4.78 is 27.6. The van der Waals surface area contributed by atoms with Crippen LogP contribution in [0.4, 0.5) is 17.3 Å². The number of nitrogens with one attached hydrogen (secondary N) is 2. The fourth-order valence-electron chi connectivity index (χ4n) is 5.17. The summed E-state index contributed by atoms with van der Waals surface area (Å²) in [4.78, 5) is 17.3. The molecule has 0 saturated carbocycles. The van der Waals surface area contributed by atoms with Gasteiger partial charge in [-0.15, -0.1) is 5.10 Å². The molecular weight excluding hydrogens is 542 g/mol. The second-order valence-corrected chi connectivity index (χ2v) is 12.3. The van der Waals surface area contributed by atoms with E-state index in [1.54, 1.807) is 23.8 Å². The SMILES string of the molecule is CN(c1ccccc1-c1ccc2cnc(Nc3ccc4nc(CN5CCN(CCO)CC5)[nH]c4c3)nn12)S(C)(=O)=O. The molecule has 12 nitrogen and oxygen atoms in total. The van der Waals surface area contributed by atoms with E-state index >= 15 is 0 Å². The smallest absolute Gasteiger partial charge is 0.245 e. The van der Waals surface area contributed by atoms with Crippen LogP contribution >= 0.6 is 0 Å². The lowest BCUT2D eigenvalue weighted by atomic mass is 10.1. The summed E-state index contributed by atoms with van der Waals surface area (Å²) in [6.45, 7) is 5.45. The van der Waals surface area contributed by atoms with Crippen molar-refractivity contribution in [3.8, 4) is 11.3 Å². The van der Waals surface area contributed by atoms with Gasteiger partial charge in [-0.1, -0.05) is 18.2 Å². The number of hydrogen-bond donors (Lipinski definition) is 3. The summed E-state index contributed by atoms with van der Waals surface area (Å²) in [5.41, 5.74) is 5.47. The van der Waals surface area contributed by atoms with Crippen LogP contribution in [-0.4, -0.2) is 101 Å².